The third-order valence-corrected chi connectivity index (χ3v) is 2.41. The van der Waals surface area contributed by atoms with Gasteiger partial charge in [0.05, 0.1) is 12.5 Å². The highest BCUT2D eigenvalue weighted by atomic mass is 19.3. The SMILES string of the molecule is CC(F)(F)CC1COCCC1C(=O)O. The fraction of sp³-hybridized carbons (Fsp3) is 0.889. The normalized spacial score (nSPS) is 28.8. The molecule has 0 amide bonds. The minimum atomic E-state index is -2.82. The minimum absolute atomic E-state index is 0.125. The van der Waals surface area contributed by atoms with Gasteiger partial charge in [0.1, 0.15) is 0 Å². The van der Waals surface area contributed by atoms with Gasteiger partial charge in [0, 0.05) is 18.9 Å². The Kier molecular flexibility index (Phi) is 3.42. The number of carboxylic acid groups (broad SMARTS) is 1. The van der Waals surface area contributed by atoms with E-state index >= 15 is 0 Å². The molecule has 0 saturated carbocycles. The van der Waals surface area contributed by atoms with Crippen LogP contribution in [0, 0.1) is 11.8 Å². The van der Waals surface area contributed by atoms with Crippen molar-refractivity contribution >= 4 is 5.97 Å². The van der Waals surface area contributed by atoms with Gasteiger partial charge in [-0.1, -0.05) is 0 Å². The summed E-state index contributed by atoms with van der Waals surface area (Å²) >= 11 is 0. The molecule has 3 nitrogen and oxygen atoms in total. The Labute approximate surface area is 81.1 Å². The molecule has 82 valence electrons. The van der Waals surface area contributed by atoms with Gasteiger partial charge in [0.15, 0.2) is 0 Å². The fourth-order valence-electron chi connectivity index (χ4n) is 1.78. The Bertz CT molecular complexity index is 213. The summed E-state index contributed by atoms with van der Waals surface area (Å²) in [7, 11) is 0. The molecule has 1 N–H and O–H groups in total. The van der Waals surface area contributed by atoms with Crippen molar-refractivity contribution in [2.24, 2.45) is 11.8 Å². The highest BCUT2D eigenvalue weighted by Gasteiger charge is 2.37. The average molecular weight is 208 g/mol. The van der Waals surface area contributed by atoms with E-state index < -0.39 is 30.1 Å². The Morgan fingerprint density at radius 1 is 1.64 bits per heavy atom. The molecule has 5 heteroatoms. The molecule has 0 aromatic rings. The molecule has 0 radical (unpaired) electrons. The summed E-state index contributed by atoms with van der Waals surface area (Å²) in [5.41, 5.74) is 0. The third kappa shape index (κ3) is 3.21. The van der Waals surface area contributed by atoms with E-state index in [-0.39, 0.29) is 6.61 Å². The molecule has 1 saturated heterocycles. The smallest absolute Gasteiger partial charge is 0.306 e. The monoisotopic (exact) mass is 208 g/mol. The molecule has 1 fully saturated rings. The highest BCUT2D eigenvalue weighted by molar-refractivity contribution is 5.70. The molecule has 2 atom stereocenters. The first kappa shape index (κ1) is 11.4. The number of hydrogen-bond acceptors (Lipinski definition) is 2. The zero-order chi connectivity index (χ0) is 10.8. The maximum absolute atomic E-state index is 12.7. The second-order valence-electron chi connectivity index (χ2n) is 3.84. The molecule has 0 bridgehead atoms. The quantitative estimate of drug-likeness (QED) is 0.768. The van der Waals surface area contributed by atoms with Gasteiger partial charge in [0.25, 0.3) is 0 Å². The van der Waals surface area contributed by atoms with Gasteiger partial charge in [-0.25, -0.2) is 8.78 Å². The Balaban J connectivity index is 2.59. The van der Waals surface area contributed by atoms with E-state index in [1.807, 2.05) is 0 Å². The molecule has 1 aliphatic heterocycles. The van der Waals surface area contributed by atoms with Crippen LogP contribution in [-0.4, -0.2) is 30.2 Å². The summed E-state index contributed by atoms with van der Waals surface area (Å²) in [6, 6.07) is 0. The van der Waals surface area contributed by atoms with Gasteiger partial charge in [-0.2, -0.15) is 0 Å². The summed E-state index contributed by atoms with van der Waals surface area (Å²) in [5.74, 6) is -5.07. The second kappa shape index (κ2) is 4.21. The topological polar surface area (TPSA) is 46.5 Å². The Morgan fingerprint density at radius 3 is 2.79 bits per heavy atom. The first-order valence-corrected chi connectivity index (χ1v) is 4.58. The minimum Gasteiger partial charge on any atom is -0.481 e. The van der Waals surface area contributed by atoms with Crippen LogP contribution in [0.5, 0.6) is 0 Å². The Hall–Kier alpha value is -0.710. The molecular formula is C9H14F2O3. The third-order valence-electron chi connectivity index (χ3n) is 2.41. The lowest BCUT2D eigenvalue weighted by molar-refractivity contribution is -0.150. The van der Waals surface area contributed by atoms with Crippen molar-refractivity contribution < 1.29 is 23.4 Å². The van der Waals surface area contributed by atoms with E-state index in [1.54, 1.807) is 0 Å². The van der Waals surface area contributed by atoms with Crippen LogP contribution in [0.2, 0.25) is 0 Å². The van der Waals surface area contributed by atoms with Crippen LogP contribution in [0.25, 0.3) is 0 Å². The van der Waals surface area contributed by atoms with Crippen molar-refractivity contribution in [1.29, 1.82) is 0 Å². The molecular weight excluding hydrogens is 194 g/mol. The lowest BCUT2D eigenvalue weighted by Gasteiger charge is -2.30. The predicted octanol–water partition coefficient (Wildman–Crippen LogP) is 1.77. The molecule has 2 unspecified atom stereocenters. The lowest BCUT2D eigenvalue weighted by Crippen LogP contribution is -2.36. The van der Waals surface area contributed by atoms with Crippen molar-refractivity contribution in [3.63, 3.8) is 0 Å². The molecule has 1 heterocycles. The van der Waals surface area contributed by atoms with Crippen LogP contribution in [0.1, 0.15) is 19.8 Å². The van der Waals surface area contributed by atoms with Gasteiger partial charge in [0.2, 0.25) is 5.92 Å². The van der Waals surface area contributed by atoms with E-state index in [4.69, 9.17) is 9.84 Å². The van der Waals surface area contributed by atoms with E-state index in [2.05, 4.69) is 0 Å². The first-order valence-electron chi connectivity index (χ1n) is 4.58. The number of hydrogen-bond donors (Lipinski definition) is 1. The van der Waals surface area contributed by atoms with Crippen molar-refractivity contribution in [3.05, 3.63) is 0 Å². The maximum atomic E-state index is 12.7. The van der Waals surface area contributed by atoms with Gasteiger partial charge in [-0.05, 0) is 13.3 Å². The lowest BCUT2D eigenvalue weighted by atomic mass is 9.84. The average Bonchev–Trinajstić information content (AvgIpc) is 2.01. The number of carbonyl (C=O) groups is 1. The molecule has 0 aliphatic carbocycles. The summed E-state index contributed by atoms with van der Waals surface area (Å²) in [6.07, 6.45) is -0.0833. The van der Waals surface area contributed by atoms with Crippen molar-refractivity contribution in [2.75, 3.05) is 13.2 Å². The van der Waals surface area contributed by atoms with Crippen LogP contribution in [0.4, 0.5) is 8.78 Å². The van der Waals surface area contributed by atoms with Crippen molar-refractivity contribution in [3.8, 4) is 0 Å². The Morgan fingerprint density at radius 2 is 2.29 bits per heavy atom. The van der Waals surface area contributed by atoms with Gasteiger partial charge in [-0.3, -0.25) is 4.79 Å². The van der Waals surface area contributed by atoms with E-state index in [0.717, 1.165) is 6.92 Å². The largest absolute Gasteiger partial charge is 0.481 e. The molecule has 0 aromatic carbocycles. The van der Waals surface area contributed by atoms with E-state index in [1.165, 1.54) is 0 Å². The maximum Gasteiger partial charge on any atom is 0.306 e. The van der Waals surface area contributed by atoms with Crippen LogP contribution >= 0.6 is 0 Å². The van der Waals surface area contributed by atoms with Gasteiger partial charge in [-0.15, -0.1) is 0 Å². The zero-order valence-corrected chi connectivity index (χ0v) is 8.00. The predicted molar refractivity (Wildman–Crippen MR) is 45.3 cm³/mol. The second-order valence-corrected chi connectivity index (χ2v) is 3.84. The van der Waals surface area contributed by atoms with Crippen LogP contribution in [0.3, 0.4) is 0 Å². The van der Waals surface area contributed by atoms with Gasteiger partial charge < -0.3 is 9.84 Å². The molecule has 14 heavy (non-hydrogen) atoms. The molecule has 0 spiro atoms. The fourth-order valence-corrected chi connectivity index (χ4v) is 1.78. The summed E-state index contributed by atoms with van der Waals surface area (Å²) in [6.45, 7) is 1.28. The first-order chi connectivity index (χ1) is 6.40. The molecule has 1 aliphatic rings. The van der Waals surface area contributed by atoms with Crippen molar-refractivity contribution in [2.45, 2.75) is 25.7 Å². The number of aliphatic carboxylic acids is 1. The van der Waals surface area contributed by atoms with Gasteiger partial charge >= 0.3 is 5.97 Å². The molecule has 1 rings (SSSR count). The standard InChI is InChI=1S/C9H14F2O3/c1-9(10,11)4-6-5-14-3-2-7(6)8(12)13/h6-7H,2-5H2,1H3,(H,12,13). The number of alkyl halides is 2. The number of rotatable bonds is 3. The number of halogens is 2. The molecule has 0 aromatic heterocycles. The summed E-state index contributed by atoms with van der Waals surface area (Å²) in [4.78, 5) is 10.8. The van der Waals surface area contributed by atoms with E-state index in [9.17, 15) is 13.6 Å². The van der Waals surface area contributed by atoms with Crippen LogP contribution < -0.4 is 0 Å². The summed E-state index contributed by atoms with van der Waals surface area (Å²) < 4.78 is 30.4. The van der Waals surface area contributed by atoms with Crippen LogP contribution in [0.15, 0.2) is 0 Å². The number of carboxylic acids is 1. The highest BCUT2D eigenvalue weighted by Crippen LogP contribution is 2.31. The zero-order valence-electron chi connectivity index (χ0n) is 8.00. The number of ether oxygens (including phenoxy) is 1. The van der Waals surface area contributed by atoms with Crippen molar-refractivity contribution in [1.82, 2.24) is 0 Å². The summed E-state index contributed by atoms with van der Waals surface area (Å²) in [5, 5.41) is 8.81. The van der Waals surface area contributed by atoms with Crippen LogP contribution in [-0.2, 0) is 9.53 Å². The van der Waals surface area contributed by atoms with E-state index in [0.29, 0.717) is 13.0 Å².